The first kappa shape index (κ1) is 22.5. The predicted molar refractivity (Wildman–Crippen MR) is 120 cm³/mol. The minimum absolute atomic E-state index is 0.112. The molecular formula is C24H25FN2O3S. The number of rotatable bonds is 7. The standard InChI is InChI=1S/C24H25FN2O3S/c1-17-8-14-22(15-9-17)31(29,30)27(23-7-5-4-6-18(23)2)16-24(28)26-19(3)20-10-12-21(25)13-11-20/h4-15,19H,16H2,1-3H3,(H,26,28)/t19-/m1/s1. The molecule has 0 heterocycles. The number of halogens is 1. The van der Waals surface area contributed by atoms with Gasteiger partial charge in [-0.15, -0.1) is 0 Å². The monoisotopic (exact) mass is 440 g/mol. The number of amides is 1. The summed E-state index contributed by atoms with van der Waals surface area (Å²) in [6.45, 7) is 5.05. The smallest absolute Gasteiger partial charge is 0.264 e. The molecule has 0 unspecified atom stereocenters. The van der Waals surface area contributed by atoms with Crippen molar-refractivity contribution in [2.75, 3.05) is 10.8 Å². The lowest BCUT2D eigenvalue weighted by molar-refractivity contribution is -0.120. The number of anilines is 1. The molecule has 0 radical (unpaired) electrons. The topological polar surface area (TPSA) is 66.5 Å². The van der Waals surface area contributed by atoms with E-state index in [0.29, 0.717) is 5.69 Å². The third-order valence-electron chi connectivity index (χ3n) is 5.03. The molecule has 0 saturated heterocycles. The highest BCUT2D eigenvalue weighted by atomic mass is 32.2. The fourth-order valence-electron chi connectivity index (χ4n) is 3.23. The summed E-state index contributed by atoms with van der Waals surface area (Å²) in [5.74, 6) is -0.826. The summed E-state index contributed by atoms with van der Waals surface area (Å²) in [5.41, 5.74) is 2.83. The van der Waals surface area contributed by atoms with Crippen molar-refractivity contribution in [1.29, 1.82) is 0 Å². The van der Waals surface area contributed by atoms with Crippen molar-refractivity contribution >= 4 is 21.6 Å². The molecule has 0 bridgehead atoms. The lowest BCUT2D eigenvalue weighted by Crippen LogP contribution is -2.41. The van der Waals surface area contributed by atoms with Crippen molar-refractivity contribution in [3.05, 3.63) is 95.3 Å². The minimum atomic E-state index is -3.97. The van der Waals surface area contributed by atoms with Crippen molar-refractivity contribution < 1.29 is 17.6 Å². The van der Waals surface area contributed by atoms with Crippen LogP contribution in [0.4, 0.5) is 10.1 Å². The molecule has 0 aliphatic heterocycles. The zero-order chi connectivity index (χ0) is 22.6. The second-order valence-electron chi connectivity index (χ2n) is 7.45. The Morgan fingerprint density at radius 3 is 2.19 bits per heavy atom. The average Bonchev–Trinajstić information content (AvgIpc) is 2.73. The molecular weight excluding hydrogens is 415 g/mol. The number of hydrogen-bond donors (Lipinski definition) is 1. The van der Waals surface area contributed by atoms with Gasteiger partial charge in [0.1, 0.15) is 12.4 Å². The number of sulfonamides is 1. The number of aryl methyl sites for hydroxylation is 2. The highest BCUT2D eigenvalue weighted by Crippen LogP contribution is 2.27. The van der Waals surface area contributed by atoms with E-state index < -0.39 is 22.0 Å². The summed E-state index contributed by atoms with van der Waals surface area (Å²) in [6.07, 6.45) is 0. The maximum Gasteiger partial charge on any atom is 0.264 e. The van der Waals surface area contributed by atoms with Crippen molar-refractivity contribution in [1.82, 2.24) is 5.32 Å². The minimum Gasteiger partial charge on any atom is -0.348 e. The van der Waals surface area contributed by atoms with Gasteiger partial charge in [-0.05, 0) is 62.2 Å². The van der Waals surface area contributed by atoms with Crippen LogP contribution in [0.15, 0.2) is 77.7 Å². The molecule has 0 aliphatic carbocycles. The molecule has 0 fully saturated rings. The lowest BCUT2D eigenvalue weighted by Gasteiger charge is -2.26. The number of para-hydroxylation sites is 1. The van der Waals surface area contributed by atoms with Crippen molar-refractivity contribution in [2.24, 2.45) is 0 Å². The lowest BCUT2D eigenvalue weighted by atomic mass is 10.1. The zero-order valence-electron chi connectivity index (χ0n) is 17.7. The van der Waals surface area contributed by atoms with Gasteiger partial charge in [0.2, 0.25) is 5.91 Å². The molecule has 5 nitrogen and oxygen atoms in total. The van der Waals surface area contributed by atoms with E-state index in [9.17, 15) is 17.6 Å². The summed E-state index contributed by atoms with van der Waals surface area (Å²) in [7, 11) is -3.97. The van der Waals surface area contributed by atoms with Gasteiger partial charge in [0.05, 0.1) is 16.6 Å². The Kier molecular flexibility index (Phi) is 6.75. The van der Waals surface area contributed by atoms with Gasteiger partial charge in [-0.25, -0.2) is 12.8 Å². The fourth-order valence-corrected chi connectivity index (χ4v) is 4.72. The van der Waals surface area contributed by atoms with E-state index >= 15 is 0 Å². The van der Waals surface area contributed by atoms with Crippen molar-refractivity contribution in [3.8, 4) is 0 Å². The largest absolute Gasteiger partial charge is 0.348 e. The van der Waals surface area contributed by atoms with Gasteiger partial charge in [-0.1, -0.05) is 48.0 Å². The molecule has 31 heavy (non-hydrogen) atoms. The van der Waals surface area contributed by atoms with Crippen LogP contribution in [0.3, 0.4) is 0 Å². The fraction of sp³-hybridized carbons (Fsp3) is 0.208. The second-order valence-corrected chi connectivity index (χ2v) is 9.31. The van der Waals surface area contributed by atoms with Crippen LogP contribution in [0.5, 0.6) is 0 Å². The molecule has 0 spiro atoms. The summed E-state index contributed by atoms with van der Waals surface area (Å²) in [4.78, 5) is 12.9. The predicted octanol–water partition coefficient (Wildman–Crippen LogP) is 4.52. The maximum atomic E-state index is 13.4. The number of benzene rings is 3. The Bertz CT molecular complexity index is 1160. The van der Waals surface area contributed by atoms with Crippen molar-refractivity contribution in [2.45, 2.75) is 31.7 Å². The number of carbonyl (C=O) groups excluding carboxylic acids is 1. The number of nitrogens with one attached hydrogen (secondary N) is 1. The summed E-state index contributed by atoms with van der Waals surface area (Å²) >= 11 is 0. The van der Waals surface area contributed by atoms with Crippen molar-refractivity contribution in [3.63, 3.8) is 0 Å². The van der Waals surface area contributed by atoms with Gasteiger partial charge >= 0.3 is 0 Å². The van der Waals surface area contributed by atoms with Gasteiger partial charge in [0.25, 0.3) is 10.0 Å². The number of hydrogen-bond acceptors (Lipinski definition) is 3. The third-order valence-corrected chi connectivity index (χ3v) is 6.80. The SMILES string of the molecule is Cc1ccc(S(=O)(=O)N(CC(=O)N[C@H](C)c2ccc(F)cc2)c2ccccc2C)cc1. The van der Waals surface area contributed by atoms with Crippen LogP contribution < -0.4 is 9.62 Å². The van der Waals surface area contributed by atoms with Crippen LogP contribution >= 0.6 is 0 Å². The Hall–Kier alpha value is -3.19. The highest BCUT2D eigenvalue weighted by Gasteiger charge is 2.28. The van der Waals surface area contributed by atoms with E-state index in [1.165, 1.54) is 24.3 Å². The van der Waals surface area contributed by atoms with E-state index in [-0.39, 0.29) is 17.3 Å². The number of nitrogens with zero attached hydrogens (tertiary/aromatic N) is 1. The summed E-state index contributed by atoms with van der Waals surface area (Å²) in [6, 6.07) is 18.9. The molecule has 1 N–H and O–H groups in total. The van der Waals surface area contributed by atoms with E-state index in [0.717, 1.165) is 21.0 Å². The molecule has 162 valence electrons. The van der Waals surface area contributed by atoms with Crippen LogP contribution in [-0.4, -0.2) is 20.9 Å². The zero-order valence-corrected chi connectivity index (χ0v) is 18.5. The van der Waals surface area contributed by atoms with Crippen LogP contribution in [0.25, 0.3) is 0 Å². The first-order valence-electron chi connectivity index (χ1n) is 9.88. The van der Waals surface area contributed by atoms with Gasteiger partial charge < -0.3 is 5.32 Å². The molecule has 1 amide bonds. The molecule has 3 aromatic rings. The molecule has 0 saturated carbocycles. The summed E-state index contributed by atoms with van der Waals surface area (Å²) < 4.78 is 41.2. The first-order valence-corrected chi connectivity index (χ1v) is 11.3. The average molecular weight is 441 g/mol. The Morgan fingerprint density at radius 1 is 0.968 bits per heavy atom. The highest BCUT2D eigenvalue weighted by molar-refractivity contribution is 7.92. The molecule has 3 aromatic carbocycles. The van der Waals surface area contributed by atoms with E-state index in [4.69, 9.17) is 0 Å². The van der Waals surface area contributed by atoms with Crippen LogP contribution in [0, 0.1) is 19.7 Å². The van der Waals surface area contributed by atoms with Gasteiger partial charge in [0, 0.05) is 0 Å². The van der Waals surface area contributed by atoms with E-state index in [1.54, 1.807) is 56.3 Å². The van der Waals surface area contributed by atoms with Crippen LogP contribution in [0.2, 0.25) is 0 Å². The Labute approximate surface area is 182 Å². The Morgan fingerprint density at radius 2 is 1.58 bits per heavy atom. The maximum absolute atomic E-state index is 13.4. The van der Waals surface area contributed by atoms with Crippen LogP contribution in [-0.2, 0) is 14.8 Å². The molecule has 0 aromatic heterocycles. The quantitative estimate of drug-likeness (QED) is 0.588. The van der Waals surface area contributed by atoms with Gasteiger partial charge in [0.15, 0.2) is 0 Å². The molecule has 3 rings (SSSR count). The summed E-state index contributed by atoms with van der Waals surface area (Å²) in [5, 5.41) is 2.80. The molecule has 7 heteroatoms. The number of carbonyl (C=O) groups is 1. The normalized spacial score (nSPS) is 12.3. The van der Waals surface area contributed by atoms with E-state index in [2.05, 4.69) is 5.32 Å². The van der Waals surface area contributed by atoms with Gasteiger partial charge in [-0.3, -0.25) is 9.10 Å². The molecule has 1 atom stereocenters. The van der Waals surface area contributed by atoms with Crippen LogP contribution in [0.1, 0.15) is 29.7 Å². The van der Waals surface area contributed by atoms with Gasteiger partial charge in [-0.2, -0.15) is 0 Å². The second kappa shape index (κ2) is 9.31. The third kappa shape index (κ3) is 5.30. The van der Waals surface area contributed by atoms with E-state index in [1.807, 2.05) is 13.0 Å². The molecule has 0 aliphatic rings. The first-order chi connectivity index (χ1) is 14.7. The Balaban J connectivity index is 1.90.